The van der Waals surface area contributed by atoms with Gasteiger partial charge in [0.25, 0.3) is 0 Å². The molecule has 1 saturated carbocycles. The normalized spacial score (nSPS) is 17.7. The van der Waals surface area contributed by atoms with Crippen molar-refractivity contribution in [2.45, 2.75) is 39.3 Å². The average molecular weight is 309 g/mol. The Labute approximate surface area is 127 Å². The number of aromatic nitrogens is 3. The second kappa shape index (κ2) is 4.87. The third-order valence-corrected chi connectivity index (χ3v) is 4.00. The second-order valence-electron chi connectivity index (χ2n) is 6.33. The molecule has 0 bridgehead atoms. The van der Waals surface area contributed by atoms with Crippen molar-refractivity contribution in [1.29, 1.82) is 0 Å². The van der Waals surface area contributed by atoms with Gasteiger partial charge in [-0.25, -0.2) is 4.98 Å². The third kappa shape index (κ3) is 2.81. The van der Waals surface area contributed by atoms with Crippen LogP contribution in [0, 0.1) is 5.41 Å². The van der Waals surface area contributed by atoms with Crippen LogP contribution in [0.4, 0.5) is 5.82 Å². The fraction of sp³-hybridized carbons (Fsp3) is 0.500. The zero-order chi connectivity index (χ0) is 15.2. The Morgan fingerprint density at radius 3 is 2.86 bits per heavy atom. The van der Waals surface area contributed by atoms with Crippen molar-refractivity contribution in [2.24, 2.45) is 5.41 Å². The molecule has 2 N–H and O–H groups in total. The molecule has 0 aliphatic heterocycles. The lowest BCUT2D eigenvalue weighted by Gasteiger charge is -2.43. The number of hydrogen-bond donors (Lipinski definition) is 2. The predicted molar refractivity (Wildman–Crippen MR) is 80.6 cm³/mol. The molecule has 2 aromatic heterocycles. The lowest BCUT2D eigenvalue weighted by molar-refractivity contribution is -0.137. The van der Waals surface area contributed by atoms with Crippen molar-refractivity contribution in [3.8, 4) is 0 Å². The van der Waals surface area contributed by atoms with Crippen molar-refractivity contribution in [1.82, 2.24) is 14.5 Å². The summed E-state index contributed by atoms with van der Waals surface area (Å²) in [6, 6.07) is 2.09. The number of halogens is 1. The zero-order valence-corrected chi connectivity index (χ0v) is 12.7. The maximum absolute atomic E-state index is 11.0. The summed E-state index contributed by atoms with van der Waals surface area (Å²) < 4.78 is 1.63. The van der Waals surface area contributed by atoms with E-state index in [2.05, 4.69) is 29.1 Å². The molecule has 6 nitrogen and oxygen atoms in total. The van der Waals surface area contributed by atoms with Crippen LogP contribution in [-0.4, -0.2) is 31.7 Å². The number of hydrogen-bond acceptors (Lipinski definition) is 4. The minimum Gasteiger partial charge on any atom is -0.480 e. The minimum atomic E-state index is -0.904. The summed E-state index contributed by atoms with van der Waals surface area (Å²) in [5.41, 5.74) is 1.68. The molecule has 2 heterocycles. The second-order valence-corrected chi connectivity index (χ2v) is 6.66. The van der Waals surface area contributed by atoms with Crippen molar-refractivity contribution in [3.05, 3.63) is 17.5 Å². The summed E-state index contributed by atoms with van der Waals surface area (Å²) in [6.07, 6.45) is 3.80. The van der Waals surface area contributed by atoms with Crippen LogP contribution < -0.4 is 5.32 Å². The van der Waals surface area contributed by atoms with Gasteiger partial charge in [0.2, 0.25) is 5.28 Å². The third-order valence-electron chi connectivity index (χ3n) is 3.83. The monoisotopic (exact) mass is 308 g/mol. The average Bonchev–Trinajstić information content (AvgIpc) is 2.68. The largest absolute Gasteiger partial charge is 0.480 e. The topological polar surface area (TPSA) is 80.0 Å². The van der Waals surface area contributed by atoms with Crippen LogP contribution in [0.3, 0.4) is 0 Å². The first-order valence-electron chi connectivity index (χ1n) is 6.85. The van der Waals surface area contributed by atoms with Crippen LogP contribution in [-0.2, 0) is 11.3 Å². The van der Waals surface area contributed by atoms with Gasteiger partial charge in [-0.1, -0.05) is 13.8 Å². The van der Waals surface area contributed by atoms with Crippen LogP contribution in [0.5, 0.6) is 0 Å². The molecule has 1 aliphatic carbocycles. The van der Waals surface area contributed by atoms with Gasteiger partial charge in [-0.3, -0.25) is 4.79 Å². The molecule has 0 atom stereocenters. The molecule has 2 aromatic rings. The van der Waals surface area contributed by atoms with Gasteiger partial charge in [-0.15, -0.1) is 0 Å². The van der Waals surface area contributed by atoms with E-state index in [0.29, 0.717) is 28.3 Å². The number of rotatable bonds is 4. The van der Waals surface area contributed by atoms with Crippen molar-refractivity contribution in [2.75, 3.05) is 5.32 Å². The van der Waals surface area contributed by atoms with Crippen molar-refractivity contribution < 1.29 is 9.90 Å². The Morgan fingerprint density at radius 2 is 2.24 bits per heavy atom. The Bertz CT molecular complexity index is 702. The lowest BCUT2D eigenvalue weighted by Crippen LogP contribution is -2.41. The van der Waals surface area contributed by atoms with E-state index >= 15 is 0 Å². The first-order chi connectivity index (χ1) is 9.84. The SMILES string of the molecule is CC1(C)CC(Nc2nc(Cl)nc3ccn(CC(=O)O)c23)C1. The van der Waals surface area contributed by atoms with Crippen molar-refractivity contribution >= 4 is 34.4 Å². The number of nitrogens with zero attached hydrogens (tertiary/aromatic N) is 3. The lowest BCUT2D eigenvalue weighted by atomic mass is 9.68. The highest BCUT2D eigenvalue weighted by Crippen LogP contribution is 2.41. The van der Waals surface area contributed by atoms with Gasteiger partial charge in [0.15, 0.2) is 5.82 Å². The standard InChI is InChI=1S/C14H17ClN4O2/c1-14(2)5-8(6-14)16-12-11-9(17-13(15)18-12)3-4-19(11)7-10(20)21/h3-4,8H,5-7H2,1-2H3,(H,20,21)(H,16,17,18). The summed E-state index contributed by atoms with van der Waals surface area (Å²) >= 11 is 5.95. The number of carboxylic acid groups (broad SMARTS) is 1. The first kappa shape index (κ1) is 14.1. The molecule has 0 spiro atoms. The molecule has 3 rings (SSSR count). The molecule has 0 saturated heterocycles. The molecular weight excluding hydrogens is 292 g/mol. The zero-order valence-electron chi connectivity index (χ0n) is 11.9. The van der Waals surface area contributed by atoms with Gasteiger partial charge < -0.3 is 15.0 Å². The summed E-state index contributed by atoms with van der Waals surface area (Å²) in [5, 5.41) is 12.5. The van der Waals surface area contributed by atoms with E-state index in [1.54, 1.807) is 16.8 Å². The molecule has 1 fully saturated rings. The summed E-state index contributed by atoms with van der Waals surface area (Å²) in [7, 11) is 0. The van der Waals surface area contributed by atoms with E-state index in [0.717, 1.165) is 12.8 Å². The predicted octanol–water partition coefficient (Wildman–Crippen LogP) is 2.77. The van der Waals surface area contributed by atoms with Crippen LogP contribution in [0.25, 0.3) is 11.0 Å². The van der Waals surface area contributed by atoms with Crippen LogP contribution in [0.2, 0.25) is 5.28 Å². The molecule has 21 heavy (non-hydrogen) atoms. The molecule has 1 aliphatic rings. The number of anilines is 1. The van der Waals surface area contributed by atoms with Gasteiger partial charge in [0, 0.05) is 12.2 Å². The van der Waals surface area contributed by atoms with E-state index < -0.39 is 5.97 Å². The Balaban J connectivity index is 1.95. The highest BCUT2D eigenvalue weighted by molar-refractivity contribution is 6.28. The number of nitrogens with one attached hydrogen (secondary N) is 1. The molecule has 0 aromatic carbocycles. The maximum Gasteiger partial charge on any atom is 0.323 e. The minimum absolute atomic E-state index is 0.126. The smallest absolute Gasteiger partial charge is 0.323 e. The number of carbonyl (C=O) groups is 1. The molecule has 0 amide bonds. The van der Waals surface area contributed by atoms with Crippen LogP contribution in [0.15, 0.2) is 12.3 Å². The Morgan fingerprint density at radius 1 is 1.52 bits per heavy atom. The van der Waals surface area contributed by atoms with Crippen molar-refractivity contribution in [3.63, 3.8) is 0 Å². The van der Waals surface area contributed by atoms with E-state index in [1.165, 1.54) is 0 Å². The van der Waals surface area contributed by atoms with Gasteiger partial charge in [0.1, 0.15) is 12.1 Å². The molecular formula is C14H17ClN4O2. The molecule has 112 valence electrons. The van der Waals surface area contributed by atoms with Gasteiger partial charge in [-0.05, 0) is 35.9 Å². The highest BCUT2D eigenvalue weighted by atomic mass is 35.5. The highest BCUT2D eigenvalue weighted by Gasteiger charge is 2.36. The quantitative estimate of drug-likeness (QED) is 0.849. The molecule has 7 heteroatoms. The maximum atomic E-state index is 11.0. The summed E-state index contributed by atoms with van der Waals surface area (Å²) in [6.45, 7) is 4.32. The fourth-order valence-corrected chi connectivity index (χ4v) is 3.20. The summed E-state index contributed by atoms with van der Waals surface area (Å²) in [5.74, 6) is -0.296. The molecule has 0 radical (unpaired) electrons. The van der Waals surface area contributed by atoms with E-state index in [-0.39, 0.29) is 11.8 Å². The van der Waals surface area contributed by atoms with Crippen LogP contribution >= 0.6 is 11.6 Å². The van der Waals surface area contributed by atoms with E-state index in [4.69, 9.17) is 16.7 Å². The Hall–Kier alpha value is -1.82. The van der Waals surface area contributed by atoms with Gasteiger partial charge >= 0.3 is 5.97 Å². The van der Waals surface area contributed by atoms with Crippen LogP contribution in [0.1, 0.15) is 26.7 Å². The number of fused-ring (bicyclic) bond motifs is 1. The number of carboxylic acids is 1. The number of aliphatic carboxylic acids is 1. The van der Waals surface area contributed by atoms with Gasteiger partial charge in [-0.2, -0.15) is 4.98 Å². The van der Waals surface area contributed by atoms with E-state index in [1.807, 2.05) is 0 Å². The summed E-state index contributed by atoms with van der Waals surface area (Å²) in [4.78, 5) is 19.3. The van der Waals surface area contributed by atoms with E-state index in [9.17, 15) is 4.79 Å². The fourth-order valence-electron chi connectivity index (χ4n) is 3.03. The van der Waals surface area contributed by atoms with Gasteiger partial charge in [0.05, 0.1) is 5.52 Å². The Kier molecular flexibility index (Phi) is 3.28. The first-order valence-corrected chi connectivity index (χ1v) is 7.22. The molecule has 0 unspecified atom stereocenters.